The zero-order chi connectivity index (χ0) is 19.9. The van der Waals surface area contributed by atoms with Gasteiger partial charge in [-0.3, -0.25) is 14.5 Å². The zero-order valence-electron chi connectivity index (χ0n) is 17.0. The summed E-state index contributed by atoms with van der Waals surface area (Å²) in [4.78, 5) is 40.1. The van der Waals surface area contributed by atoms with Gasteiger partial charge in [-0.2, -0.15) is 0 Å². The van der Waals surface area contributed by atoms with Crippen LogP contribution in [-0.4, -0.2) is 83.4 Å². The van der Waals surface area contributed by atoms with Crippen molar-refractivity contribution in [2.75, 3.05) is 50.7 Å². The summed E-state index contributed by atoms with van der Waals surface area (Å²) in [6.07, 6.45) is 6.29. The Labute approximate surface area is 167 Å². The summed E-state index contributed by atoms with van der Waals surface area (Å²) >= 11 is 0. The third kappa shape index (κ3) is 4.98. The standard InChI is InChI=1S/C20H32N6O2/c1-3-7-21-18(27)17-6-4-10-26(15-17)16(2)19(28)24-11-13-25(14-12-24)20-22-8-5-9-23-20/h5,8-9,16-17H,3-4,6-7,10-15H2,1-2H3,(H,21,27). The Morgan fingerprint density at radius 1 is 1.18 bits per heavy atom. The van der Waals surface area contributed by atoms with Crippen LogP contribution in [0.3, 0.4) is 0 Å². The van der Waals surface area contributed by atoms with Gasteiger partial charge in [-0.15, -0.1) is 0 Å². The number of aromatic nitrogens is 2. The molecule has 0 aliphatic carbocycles. The van der Waals surface area contributed by atoms with E-state index in [4.69, 9.17) is 0 Å². The number of carbonyl (C=O) groups is 2. The molecule has 1 aromatic rings. The van der Waals surface area contributed by atoms with Crippen LogP contribution in [0.1, 0.15) is 33.1 Å². The Morgan fingerprint density at radius 2 is 1.89 bits per heavy atom. The summed E-state index contributed by atoms with van der Waals surface area (Å²) in [5.74, 6) is 0.994. The van der Waals surface area contributed by atoms with Crippen LogP contribution in [0.4, 0.5) is 5.95 Å². The Hall–Kier alpha value is -2.22. The molecule has 1 aromatic heterocycles. The number of anilines is 1. The van der Waals surface area contributed by atoms with Gasteiger partial charge in [-0.25, -0.2) is 9.97 Å². The van der Waals surface area contributed by atoms with Crippen molar-refractivity contribution in [3.63, 3.8) is 0 Å². The van der Waals surface area contributed by atoms with Crippen molar-refractivity contribution in [2.45, 2.75) is 39.2 Å². The average molecular weight is 389 g/mol. The highest BCUT2D eigenvalue weighted by Gasteiger charge is 2.33. The highest BCUT2D eigenvalue weighted by atomic mass is 16.2. The molecule has 28 heavy (non-hydrogen) atoms. The normalized spacial score (nSPS) is 22.0. The van der Waals surface area contributed by atoms with Crippen molar-refractivity contribution >= 4 is 17.8 Å². The van der Waals surface area contributed by atoms with Gasteiger partial charge in [0, 0.05) is 51.7 Å². The second kappa shape index (κ2) is 9.82. The fourth-order valence-corrected chi connectivity index (χ4v) is 3.97. The summed E-state index contributed by atoms with van der Waals surface area (Å²) in [6.45, 7) is 9.13. The van der Waals surface area contributed by atoms with E-state index in [1.165, 1.54) is 0 Å². The van der Waals surface area contributed by atoms with E-state index in [-0.39, 0.29) is 23.8 Å². The first-order chi connectivity index (χ1) is 13.6. The van der Waals surface area contributed by atoms with E-state index in [9.17, 15) is 9.59 Å². The van der Waals surface area contributed by atoms with Crippen LogP contribution < -0.4 is 10.2 Å². The molecular formula is C20H32N6O2. The summed E-state index contributed by atoms with van der Waals surface area (Å²) in [5.41, 5.74) is 0. The Morgan fingerprint density at radius 3 is 2.57 bits per heavy atom. The third-order valence-electron chi connectivity index (χ3n) is 5.70. The topological polar surface area (TPSA) is 81.7 Å². The number of piperazine rings is 1. The monoisotopic (exact) mass is 388 g/mol. The minimum absolute atomic E-state index is 0.0115. The number of hydrogen-bond donors (Lipinski definition) is 1. The number of hydrogen-bond acceptors (Lipinski definition) is 6. The number of carbonyl (C=O) groups excluding carboxylic acids is 2. The van der Waals surface area contributed by atoms with Gasteiger partial charge >= 0.3 is 0 Å². The minimum atomic E-state index is -0.193. The summed E-state index contributed by atoms with van der Waals surface area (Å²) < 4.78 is 0. The Kier molecular flexibility index (Phi) is 7.19. The Balaban J connectivity index is 1.51. The summed E-state index contributed by atoms with van der Waals surface area (Å²) in [7, 11) is 0. The van der Waals surface area contributed by atoms with E-state index in [1.807, 2.05) is 11.8 Å². The van der Waals surface area contributed by atoms with Crippen molar-refractivity contribution in [1.29, 1.82) is 0 Å². The number of nitrogens with zero attached hydrogens (tertiary/aromatic N) is 5. The maximum atomic E-state index is 13.0. The van der Waals surface area contributed by atoms with Gasteiger partial charge < -0.3 is 15.1 Å². The second-order valence-electron chi connectivity index (χ2n) is 7.66. The average Bonchev–Trinajstić information content (AvgIpc) is 2.77. The van der Waals surface area contributed by atoms with Crippen LogP contribution in [0.2, 0.25) is 0 Å². The SMILES string of the molecule is CCCNC(=O)C1CCCN(C(C)C(=O)N2CCN(c3ncccn3)CC2)C1. The molecule has 0 aromatic carbocycles. The van der Waals surface area contributed by atoms with Gasteiger partial charge in [0.05, 0.1) is 12.0 Å². The largest absolute Gasteiger partial charge is 0.356 e. The van der Waals surface area contributed by atoms with Crippen molar-refractivity contribution < 1.29 is 9.59 Å². The summed E-state index contributed by atoms with van der Waals surface area (Å²) in [6, 6.07) is 1.61. The van der Waals surface area contributed by atoms with E-state index in [0.29, 0.717) is 19.6 Å². The first kappa shape index (κ1) is 20.5. The number of nitrogens with one attached hydrogen (secondary N) is 1. The predicted octanol–water partition coefficient (Wildman–Crippen LogP) is 0.752. The molecule has 2 fully saturated rings. The fraction of sp³-hybridized carbons (Fsp3) is 0.700. The van der Waals surface area contributed by atoms with Gasteiger partial charge in [0.25, 0.3) is 0 Å². The fourth-order valence-electron chi connectivity index (χ4n) is 3.97. The molecule has 154 valence electrons. The van der Waals surface area contributed by atoms with E-state index in [1.54, 1.807) is 18.5 Å². The molecule has 1 N–H and O–H groups in total. The molecule has 2 atom stereocenters. The van der Waals surface area contributed by atoms with Gasteiger partial charge in [0.15, 0.2) is 0 Å². The maximum absolute atomic E-state index is 13.0. The van der Waals surface area contributed by atoms with Crippen LogP contribution in [0, 0.1) is 5.92 Å². The molecule has 2 amide bonds. The first-order valence-electron chi connectivity index (χ1n) is 10.4. The maximum Gasteiger partial charge on any atom is 0.239 e. The summed E-state index contributed by atoms with van der Waals surface area (Å²) in [5, 5.41) is 3.00. The molecule has 3 heterocycles. The van der Waals surface area contributed by atoms with E-state index < -0.39 is 0 Å². The first-order valence-corrected chi connectivity index (χ1v) is 10.4. The molecular weight excluding hydrogens is 356 g/mol. The predicted molar refractivity (Wildman–Crippen MR) is 108 cm³/mol. The lowest BCUT2D eigenvalue weighted by Gasteiger charge is -2.40. The van der Waals surface area contributed by atoms with E-state index in [2.05, 4.69) is 32.0 Å². The number of rotatable bonds is 6. The van der Waals surface area contributed by atoms with E-state index in [0.717, 1.165) is 51.4 Å². The lowest BCUT2D eigenvalue weighted by atomic mass is 9.95. The molecule has 2 unspecified atom stereocenters. The van der Waals surface area contributed by atoms with Crippen LogP contribution in [-0.2, 0) is 9.59 Å². The van der Waals surface area contributed by atoms with Gasteiger partial charge in [-0.05, 0) is 38.8 Å². The molecule has 2 aliphatic heterocycles. The van der Waals surface area contributed by atoms with Crippen molar-refractivity contribution in [3.8, 4) is 0 Å². The molecule has 8 nitrogen and oxygen atoms in total. The Bertz CT molecular complexity index is 647. The van der Waals surface area contributed by atoms with Crippen LogP contribution in [0.5, 0.6) is 0 Å². The number of piperidine rings is 1. The lowest BCUT2D eigenvalue weighted by Crippen LogP contribution is -2.56. The highest BCUT2D eigenvalue weighted by molar-refractivity contribution is 5.82. The van der Waals surface area contributed by atoms with Gasteiger partial charge in [0.1, 0.15) is 0 Å². The van der Waals surface area contributed by atoms with Gasteiger partial charge in [-0.1, -0.05) is 6.92 Å². The van der Waals surface area contributed by atoms with Crippen LogP contribution in [0.25, 0.3) is 0 Å². The zero-order valence-corrected chi connectivity index (χ0v) is 17.0. The molecule has 3 rings (SSSR count). The number of amides is 2. The second-order valence-corrected chi connectivity index (χ2v) is 7.66. The van der Waals surface area contributed by atoms with E-state index >= 15 is 0 Å². The lowest BCUT2D eigenvalue weighted by molar-refractivity contribution is -0.139. The number of likely N-dealkylation sites (tertiary alicyclic amines) is 1. The van der Waals surface area contributed by atoms with Crippen molar-refractivity contribution in [3.05, 3.63) is 18.5 Å². The molecule has 8 heteroatoms. The van der Waals surface area contributed by atoms with Crippen LogP contribution >= 0.6 is 0 Å². The quantitative estimate of drug-likeness (QED) is 0.775. The molecule has 2 aliphatic rings. The van der Waals surface area contributed by atoms with Crippen LogP contribution in [0.15, 0.2) is 18.5 Å². The molecule has 0 saturated carbocycles. The minimum Gasteiger partial charge on any atom is -0.356 e. The van der Waals surface area contributed by atoms with Gasteiger partial charge in [0.2, 0.25) is 17.8 Å². The molecule has 2 saturated heterocycles. The van der Waals surface area contributed by atoms with Crippen molar-refractivity contribution in [1.82, 2.24) is 25.1 Å². The molecule has 0 spiro atoms. The molecule has 0 bridgehead atoms. The van der Waals surface area contributed by atoms with Crippen molar-refractivity contribution in [2.24, 2.45) is 5.92 Å². The smallest absolute Gasteiger partial charge is 0.239 e. The highest BCUT2D eigenvalue weighted by Crippen LogP contribution is 2.20. The molecule has 0 radical (unpaired) electrons. The third-order valence-corrected chi connectivity index (χ3v) is 5.70.